The Balaban J connectivity index is 0.00000169. The molecule has 0 spiro atoms. The monoisotopic (exact) mass is 279 g/mol. The summed E-state index contributed by atoms with van der Waals surface area (Å²) >= 11 is 3.11. The number of nitrogens with two attached hydrogens (primary N) is 1. The minimum Gasteiger partial charge on any atom is -0.324 e. The fourth-order valence-electron chi connectivity index (χ4n) is 1.11. The van der Waals surface area contributed by atoms with Crippen LogP contribution < -0.4 is 5.73 Å². The molecule has 0 aliphatic carbocycles. The zero-order valence-electron chi connectivity index (χ0n) is 7.54. The Labute approximate surface area is 97.7 Å². The van der Waals surface area contributed by atoms with Gasteiger partial charge >= 0.3 is 0 Å². The zero-order chi connectivity index (χ0) is 9.84. The van der Waals surface area contributed by atoms with Crippen molar-refractivity contribution >= 4 is 28.3 Å². The summed E-state index contributed by atoms with van der Waals surface area (Å²) in [6, 6.07) is 4.80. The van der Waals surface area contributed by atoms with Gasteiger partial charge in [0, 0.05) is 11.6 Å². The van der Waals surface area contributed by atoms with Crippen LogP contribution >= 0.6 is 28.3 Å². The summed E-state index contributed by atoms with van der Waals surface area (Å²) < 4.78 is 13.9. The molecule has 0 saturated heterocycles. The van der Waals surface area contributed by atoms with E-state index in [0.717, 1.165) is 0 Å². The molecule has 0 unspecified atom stereocenters. The maximum atomic E-state index is 13.4. The van der Waals surface area contributed by atoms with E-state index in [-0.39, 0.29) is 24.3 Å². The molecule has 0 aliphatic heterocycles. The van der Waals surface area contributed by atoms with Crippen LogP contribution in [0.15, 0.2) is 35.3 Å². The van der Waals surface area contributed by atoms with Crippen molar-refractivity contribution in [1.29, 1.82) is 0 Å². The zero-order valence-corrected chi connectivity index (χ0v) is 9.94. The van der Waals surface area contributed by atoms with Crippen molar-refractivity contribution in [2.45, 2.75) is 12.5 Å². The number of hydrogen-bond donors (Lipinski definition) is 1. The van der Waals surface area contributed by atoms with Gasteiger partial charge in [-0.1, -0.05) is 18.2 Å². The molecule has 0 aromatic heterocycles. The second-order valence-electron chi connectivity index (χ2n) is 2.77. The number of benzene rings is 1. The van der Waals surface area contributed by atoms with E-state index < -0.39 is 0 Å². The van der Waals surface area contributed by atoms with Crippen molar-refractivity contribution < 1.29 is 4.39 Å². The molecule has 0 saturated carbocycles. The first kappa shape index (κ1) is 13.6. The Morgan fingerprint density at radius 3 is 2.79 bits per heavy atom. The Hall–Kier alpha value is -0.380. The molecule has 1 aromatic carbocycles. The highest BCUT2D eigenvalue weighted by Gasteiger charge is 2.11. The SMILES string of the molecule is C=CC[C@H](N)c1cccc(Br)c1F.Cl. The lowest BCUT2D eigenvalue weighted by atomic mass is 10.0. The summed E-state index contributed by atoms with van der Waals surface area (Å²) in [5, 5.41) is 0. The van der Waals surface area contributed by atoms with E-state index >= 15 is 0 Å². The highest BCUT2D eigenvalue weighted by Crippen LogP contribution is 2.24. The largest absolute Gasteiger partial charge is 0.324 e. The molecule has 1 aromatic rings. The molecular weight excluding hydrogens is 268 g/mol. The third-order valence-electron chi connectivity index (χ3n) is 1.80. The van der Waals surface area contributed by atoms with Gasteiger partial charge in [-0.15, -0.1) is 19.0 Å². The van der Waals surface area contributed by atoms with Crippen LogP contribution in [0, 0.1) is 5.82 Å². The molecule has 0 fully saturated rings. The smallest absolute Gasteiger partial charge is 0.142 e. The summed E-state index contributed by atoms with van der Waals surface area (Å²) in [5.74, 6) is -0.281. The molecule has 0 heterocycles. The molecular formula is C10H12BrClFN. The molecule has 1 atom stereocenters. The minimum absolute atomic E-state index is 0. The lowest BCUT2D eigenvalue weighted by molar-refractivity contribution is 0.578. The van der Waals surface area contributed by atoms with Gasteiger partial charge in [-0.2, -0.15) is 0 Å². The third-order valence-corrected chi connectivity index (χ3v) is 2.41. The summed E-state index contributed by atoms with van der Waals surface area (Å²) in [7, 11) is 0. The van der Waals surface area contributed by atoms with Crippen LogP contribution in [0.1, 0.15) is 18.0 Å². The van der Waals surface area contributed by atoms with Gasteiger partial charge in [-0.25, -0.2) is 4.39 Å². The van der Waals surface area contributed by atoms with Crippen molar-refractivity contribution in [3.63, 3.8) is 0 Å². The van der Waals surface area contributed by atoms with Crippen LogP contribution in [-0.2, 0) is 0 Å². The van der Waals surface area contributed by atoms with Gasteiger partial charge in [-0.3, -0.25) is 0 Å². The van der Waals surface area contributed by atoms with Crippen LogP contribution in [0.4, 0.5) is 4.39 Å². The minimum atomic E-state index is -0.310. The van der Waals surface area contributed by atoms with E-state index in [2.05, 4.69) is 22.5 Å². The van der Waals surface area contributed by atoms with E-state index in [0.29, 0.717) is 16.5 Å². The number of hydrogen-bond acceptors (Lipinski definition) is 1. The molecule has 78 valence electrons. The van der Waals surface area contributed by atoms with Gasteiger partial charge in [0.2, 0.25) is 0 Å². The topological polar surface area (TPSA) is 26.0 Å². The van der Waals surface area contributed by atoms with Crippen LogP contribution in [0.25, 0.3) is 0 Å². The second kappa shape index (κ2) is 6.17. The van der Waals surface area contributed by atoms with Crippen molar-refractivity contribution in [1.82, 2.24) is 0 Å². The maximum absolute atomic E-state index is 13.4. The molecule has 0 radical (unpaired) electrons. The Kier molecular flexibility index (Phi) is 6.00. The van der Waals surface area contributed by atoms with Crippen LogP contribution in [-0.4, -0.2) is 0 Å². The van der Waals surface area contributed by atoms with Crippen molar-refractivity contribution in [2.75, 3.05) is 0 Å². The highest BCUT2D eigenvalue weighted by atomic mass is 79.9. The number of halogens is 3. The summed E-state index contributed by atoms with van der Waals surface area (Å²) in [6.07, 6.45) is 2.26. The van der Waals surface area contributed by atoms with Gasteiger partial charge in [0.15, 0.2) is 0 Å². The molecule has 1 nitrogen and oxygen atoms in total. The first-order valence-corrected chi connectivity index (χ1v) is 4.76. The van der Waals surface area contributed by atoms with Gasteiger partial charge in [0.05, 0.1) is 4.47 Å². The third kappa shape index (κ3) is 3.08. The fourth-order valence-corrected chi connectivity index (χ4v) is 1.49. The fraction of sp³-hybridized carbons (Fsp3) is 0.200. The van der Waals surface area contributed by atoms with Crippen molar-refractivity contribution in [2.24, 2.45) is 5.73 Å². The average Bonchev–Trinajstić information content (AvgIpc) is 2.10. The van der Waals surface area contributed by atoms with E-state index in [1.54, 1.807) is 24.3 Å². The summed E-state index contributed by atoms with van der Waals surface area (Å²) in [4.78, 5) is 0. The van der Waals surface area contributed by atoms with E-state index in [1.807, 2.05) is 0 Å². The first-order chi connectivity index (χ1) is 6.16. The maximum Gasteiger partial charge on any atom is 0.142 e. The molecule has 2 N–H and O–H groups in total. The summed E-state index contributed by atoms with van der Waals surface area (Å²) in [5.41, 5.74) is 6.27. The predicted octanol–water partition coefficient (Wildman–Crippen LogP) is 3.59. The molecule has 1 rings (SSSR count). The van der Waals surface area contributed by atoms with Crippen LogP contribution in [0.2, 0.25) is 0 Å². The number of rotatable bonds is 3. The standard InChI is InChI=1S/C10H11BrFN.ClH/c1-2-4-9(13)7-5-3-6-8(11)10(7)12;/h2-3,5-6,9H,1,4,13H2;1H/t9-;/m0./s1. The van der Waals surface area contributed by atoms with Crippen molar-refractivity contribution in [3.05, 3.63) is 46.7 Å². The molecule has 14 heavy (non-hydrogen) atoms. The molecule has 0 aliphatic rings. The van der Waals surface area contributed by atoms with Gasteiger partial charge < -0.3 is 5.73 Å². The van der Waals surface area contributed by atoms with Gasteiger partial charge in [-0.05, 0) is 28.4 Å². The molecule has 0 amide bonds. The lowest BCUT2D eigenvalue weighted by Crippen LogP contribution is -2.11. The normalized spacial score (nSPS) is 11.6. The van der Waals surface area contributed by atoms with E-state index in [9.17, 15) is 4.39 Å². The second-order valence-corrected chi connectivity index (χ2v) is 3.63. The Morgan fingerprint density at radius 1 is 1.57 bits per heavy atom. The van der Waals surface area contributed by atoms with Gasteiger partial charge in [0.1, 0.15) is 5.82 Å². The molecule has 4 heteroatoms. The molecule has 0 bridgehead atoms. The first-order valence-electron chi connectivity index (χ1n) is 3.97. The average molecular weight is 281 g/mol. The van der Waals surface area contributed by atoms with E-state index in [4.69, 9.17) is 5.73 Å². The van der Waals surface area contributed by atoms with Crippen LogP contribution in [0.3, 0.4) is 0 Å². The van der Waals surface area contributed by atoms with E-state index in [1.165, 1.54) is 0 Å². The van der Waals surface area contributed by atoms with Crippen molar-refractivity contribution in [3.8, 4) is 0 Å². The van der Waals surface area contributed by atoms with Crippen LogP contribution in [0.5, 0.6) is 0 Å². The lowest BCUT2D eigenvalue weighted by Gasteiger charge is -2.10. The quantitative estimate of drug-likeness (QED) is 0.841. The Bertz CT molecular complexity index is 317. The Morgan fingerprint density at radius 2 is 2.21 bits per heavy atom. The van der Waals surface area contributed by atoms with Gasteiger partial charge in [0.25, 0.3) is 0 Å². The highest BCUT2D eigenvalue weighted by molar-refractivity contribution is 9.10. The summed E-state index contributed by atoms with van der Waals surface area (Å²) in [6.45, 7) is 3.56. The predicted molar refractivity (Wildman–Crippen MR) is 63.1 cm³/mol.